The summed E-state index contributed by atoms with van der Waals surface area (Å²) in [6, 6.07) is 2.30. The van der Waals surface area contributed by atoms with E-state index in [4.69, 9.17) is 5.11 Å². The fourth-order valence-corrected chi connectivity index (χ4v) is 1.38. The number of benzene rings is 1. The summed E-state index contributed by atoms with van der Waals surface area (Å²) in [5.41, 5.74) is -0.417. The van der Waals surface area contributed by atoms with Gasteiger partial charge in [-0.25, -0.2) is 14.0 Å². The Bertz CT molecular complexity index is 548. The molecule has 3 N–H and O–H groups in total. The van der Waals surface area contributed by atoms with Crippen LogP contribution in [0.25, 0.3) is 0 Å². The van der Waals surface area contributed by atoms with Crippen molar-refractivity contribution in [2.45, 2.75) is 0 Å². The number of aromatic carboxylic acids is 1. The van der Waals surface area contributed by atoms with Gasteiger partial charge in [0.25, 0.3) is 0 Å². The van der Waals surface area contributed by atoms with E-state index in [2.05, 4.69) is 10.6 Å². The number of nitrogens with one attached hydrogen (secondary N) is 2. The van der Waals surface area contributed by atoms with Gasteiger partial charge in [-0.1, -0.05) is 0 Å². The van der Waals surface area contributed by atoms with Crippen molar-refractivity contribution in [2.75, 3.05) is 26.0 Å². The van der Waals surface area contributed by atoms with Crippen LogP contribution in [0.1, 0.15) is 10.4 Å². The third-order valence-electron chi connectivity index (χ3n) is 2.46. The summed E-state index contributed by atoms with van der Waals surface area (Å²) in [4.78, 5) is 34.9. The highest BCUT2D eigenvalue weighted by atomic mass is 19.1. The van der Waals surface area contributed by atoms with Crippen molar-refractivity contribution >= 4 is 23.6 Å². The van der Waals surface area contributed by atoms with E-state index in [0.29, 0.717) is 0 Å². The predicted molar refractivity (Wildman–Crippen MR) is 69.1 cm³/mol. The summed E-state index contributed by atoms with van der Waals surface area (Å²) in [5.74, 6) is -2.46. The molecule has 0 unspecified atom stereocenters. The molecular formula is C12H14FN3O4. The summed E-state index contributed by atoms with van der Waals surface area (Å²) in [6.45, 7) is -0.189. The number of carboxylic acid groups (broad SMARTS) is 1. The monoisotopic (exact) mass is 283 g/mol. The van der Waals surface area contributed by atoms with E-state index < -0.39 is 17.8 Å². The zero-order valence-electron chi connectivity index (χ0n) is 10.9. The molecule has 0 heterocycles. The van der Waals surface area contributed by atoms with Gasteiger partial charge in [0.15, 0.2) is 0 Å². The third-order valence-corrected chi connectivity index (χ3v) is 2.46. The first-order valence-corrected chi connectivity index (χ1v) is 5.60. The highest BCUT2D eigenvalue weighted by Crippen LogP contribution is 2.17. The first-order chi connectivity index (χ1) is 9.35. The maximum atomic E-state index is 13.0. The largest absolute Gasteiger partial charge is 0.478 e. The molecule has 1 rings (SSSR count). The first-order valence-electron chi connectivity index (χ1n) is 5.60. The highest BCUT2D eigenvalue weighted by Gasteiger charge is 2.17. The average molecular weight is 283 g/mol. The average Bonchev–Trinajstić information content (AvgIpc) is 2.40. The molecule has 0 aromatic heterocycles. The molecule has 1 aromatic rings. The second-order valence-corrected chi connectivity index (χ2v) is 3.95. The lowest BCUT2D eigenvalue weighted by Gasteiger charge is -2.17. The standard InChI is InChI=1S/C12H14FN3O4/c1-14-10(17)6-16(2)12(20)15-9-4-3-7(13)5-8(9)11(18)19/h3-5H,6H2,1-2H3,(H,14,17)(H,15,20)(H,18,19). The quantitative estimate of drug-likeness (QED) is 0.758. The van der Waals surface area contributed by atoms with Gasteiger partial charge >= 0.3 is 12.0 Å². The van der Waals surface area contributed by atoms with Crippen LogP contribution in [-0.4, -0.2) is 48.6 Å². The molecule has 3 amide bonds. The smallest absolute Gasteiger partial charge is 0.337 e. The summed E-state index contributed by atoms with van der Waals surface area (Å²) < 4.78 is 13.0. The molecule has 0 aliphatic rings. The van der Waals surface area contributed by atoms with Crippen LogP contribution in [-0.2, 0) is 4.79 Å². The number of anilines is 1. The second-order valence-electron chi connectivity index (χ2n) is 3.95. The van der Waals surface area contributed by atoms with Crippen LogP contribution in [0.2, 0.25) is 0 Å². The van der Waals surface area contributed by atoms with Crippen LogP contribution in [0.5, 0.6) is 0 Å². The van der Waals surface area contributed by atoms with E-state index >= 15 is 0 Å². The van der Waals surface area contributed by atoms with Crippen LogP contribution in [0.15, 0.2) is 18.2 Å². The highest BCUT2D eigenvalue weighted by molar-refractivity contribution is 6.00. The van der Waals surface area contributed by atoms with Crippen molar-refractivity contribution in [1.82, 2.24) is 10.2 Å². The van der Waals surface area contributed by atoms with E-state index in [1.807, 2.05) is 0 Å². The Morgan fingerprint density at radius 3 is 2.55 bits per heavy atom. The Morgan fingerprint density at radius 1 is 1.35 bits per heavy atom. The molecule has 0 saturated carbocycles. The molecule has 8 heteroatoms. The summed E-state index contributed by atoms with van der Waals surface area (Å²) >= 11 is 0. The topological polar surface area (TPSA) is 98.7 Å². The second kappa shape index (κ2) is 6.50. The fourth-order valence-electron chi connectivity index (χ4n) is 1.38. The third kappa shape index (κ3) is 3.94. The number of carbonyl (C=O) groups is 3. The number of nitrogens with zero attached hydrogens (tertiary/aromatic N) is 1. The molecular weight excluding hydrogens is 269 g/mol. The Labute approximate surface area is 114 Å². The molecule has 0 bridgehead atoms. The maximum absolute atomic E-state index is 13.0. The van der Waals surface area contributed by atoms with Gasteiger partial charge < -0.3 is 20.6 Å². The number of halogens is 1. The van der Waals surface area contributed by atoms with Gasteiger partial charge in [-0.3, -0.25) is 4.79 Å². The van der Waals surface area contributed by atoms with Crippen molar-refractivity contribution in [3.8, 4) is 0 Å². The van der Waals surface area contributed by atoms with E-state index in [9.17, 15) is 18.8 Å². The van der Waals surface area contributed by atoms with E-state index in [-0.39, 0.29) is 23.7 Å². The van der Waals surface area contributed by atoms with Crippen LogP contribution in [0, 0.1) is 5.82 Å². The van der Waals surface area contributed by atoms with Gasteiger partial charge in [0, 0.05) is 14.1 Å². The number of likely N-dealkylation sites (N-methyl/N-ethyl adjacent to an activating group) is 2. The number of urea groups is 1. The van der Waals surface area contributed by atoms with Gasteiger partial charge in [0.05, 0.1) is 11.3 Å². The Balaban J connectivity index is 2.85. The minimum Gasteiger partial charge on any atom is -0.478 e. The van der Waals surface area contributed by atoms with Gasteiger partial charge in [-0.2, -0.15) is 0 Å². The van der Waals surface area contributed by atoms with Crippen LogP contribution >= 0.6 is 0 Å². The number of rotatable bonds is 4. The number of carboxylic acids is 1. The Hall–Kier alpha value is -2.64. The van der Waals surface area contributed by atoms with Gasteiger partial charge in [0.1, 0.15) is 12.4 Å². The summed E-state index contributed by atoms with van der Waals surface area (Å²) in [5, 5.41) is 13.6. The van der Waals surface area contributed by atoms with E-state index in [1.54, 1.807) is 0 Å². The number of hydrogen-bond donors (Lipinski definition) is 3. The van der Waals surface area contributed by atoms with Crippen molar-refractivity contribution in [3.05, 3.63) is 29.6 Å². The number of carbonyl (C=O) groups excluding carboxylic acids is 2. The molecule has 20 heavy (non-hydrogen) atoms. The molecule has 0 aliphatic carbocycles. The molecule has 0 fully saturated rings. The lowest BCUT2D eigenvalue weighted by atomic mass is 10.1. The molecule has 0 spiro atoms. The predicted octanol–water partition coefficient (Wildman–Crippen LogP) is 0.734. The summed E-state index contributed by atoms with van der Waals surface area (Å²) in [7, 11) is 2.80. The lowest BCUT2D eigenvalue weighted by molar-refractivity contribution is -0.120. The lowest BCUT2D eigenvalue weighted by Crippen LogP contribution is -2.39. The SMILES string of the molecule is CNC(=O)CN(C)C(=O)Nc1ccc(F)cc1C(=O)O. The van der Waals surface area contributed by atoms with E-state index in [1.165, 1.54) is 14.1 Å². The van der Waals surface area contributed by atoms with Crippen molar-refractivity contribution in [2.24, 2.45) is 0 Å². The molecule has 108 valence electrons. The zero-order chi connectivity index (χ0) is 15.3. The van der Waals surface area contributed by atoms with Crippen LogP contribution in [0.4, 0.5) is 14.9 Å². The zero-order valence-corrected chi connectivity index (χ0v) is 10.9. The van der Waals surface area contributed by atoms with E-state index in [0.717, 1.165) is 23.1 Å². The Kier molecular flexibility index (Phi) is 5.01. The first kappa shape index (κ1) is 15.4. The van der Waals surface area contributed by atoms with Crippen LogP contribution < -0.4 is 10.6 Å². The van der Waals surface area contributed by atoms with Crippen molar-refractivity contribution < 1.29 is 23.9 Å². The Morgan fingerprint density at radius 2 is 2.00 bits per heavy atom. The fraction of sp³-hybridized carbons (Fsp3) is 0.250. The molecule has 0 atom stereocenters. The molecule has 0 aliphatic heterocycles. The molecule has 0 saturated heterocycles. The van der Waals surface area contributed by atoms with Crippen molar-refractivity contribution in [1.29, 1.82) is 0 Å². The normalized spacial score (nSPS) is 9.75. The van der Waals surface area contributed by atoms with Gasteiger partial charge in [-0.05, 0) is 18.2 Å². The van der Waals surface area contributed by atoms with Crippen LogP contribution in [0.3, 0.4) is 0 Å². The van der Waals surface area contributed by atoms with Crippen molar-refractivity contribution in [3.63, 3.8) is 0 Å². The van der Waals surface area contributed by atoms with Gasteiger partial charge in [0.2, 0.25) is 5.91 Å². The number of hydrogen-bond acceptors (Lipinski definition) is 3. The minimum absolute atomic E-state index is 0.0485. The molecule has 0 radical (unpaired) electrons. The molecule has 7 nitrogen and oxygen atoms in total. The number of amides is 3. The minimum atomic E-state index is -1.37. The maximum Gasteiger partial charge on any atom is 0.337 e. The summed E-state index contributed by atoms with van der Waals surface area (Å²) in [6.07, 6.45) is 0. The molecule has 1 aromatic carbocycles. The van der Waals surface area contributed by atoms with Gasteiger partial charge in [-0.15, -0.1) is 0 Å².